The minimum Gasteiger partial charge on any atom is -0.377 e. The van der Waals surface area contributed by atoms with Crippen molar-refractivity contribution in [3.63, 3.8) is 0 Å². The highest BCUT2D eigenvalue weighted by Gasteiger charge is 2.30. The normalized spacial score (nSPS) is 18.0. The van der Waals surface area contributed by atoms with Crippen molar-refractivity contribution in [1.29, 1.82) is 0 Å². The van der Waals surface area contributed by atoms with Gasteiger partial charge in [0.2, 0.25) is 10.0 Å². The summed E-state index contributed by atoms with van der Waals surface area (Å²) in [5.74, 6) is 0.473. The maximum Gasteiger partial charge on any atom is 0.243 e. The Balaban J connectivity index is 2.10. The lowest BCUT2D eigenvalue weighted by Crippen LogP contribution is -2.41. The Morgan fingerprint density at radius 1 is 1.29 bits per heavy atom. The summed E-state index contributed by atoms with van der Waals surface area (Å²) in [5.41, 5.74) is 1.75. The minimum absolute atomic E-state index is 0.119. The predicted molar refractivity (Wildman–Crippen MR) is 84.4 cm³/mol. The van der Waals surface area contributed by atoms with Gasteiger partial charge in [-0.2, -0.15) is 4.31 Å². The first kappa shape index (κ1) is 16.7. The zero-order valence-electron chi connectivity index (χ0n) is 12.5. The standard InChI is InChI=1S/C15H22ClNO3S/c1-12-3-4-13(2)15(11-12)21(18,19)17-8-5-14(6-9-17)20-10-7-16/h3-4,11,14H,5-10H2,1-2H3. The number of sulfonamides is 1. The van der Waals surface area contributed by atoms with Gasteiger partial charge in [0.05, 0.1) is 17.6 Å². The van der Waals surface area contributed by atoms with Crippen LogP contribution in [0.1, 0.15) is 24.0 Å². The summed E-state index contributed by atoms with van der Waals surface area (Å²) < 4.78 is 32.6. The lowest BCUT2D eigenvalue weighted by Gasteiger charge is -2.31. The van der Waals surface area contributed by atoms with Crippen LogP contribution in [0.15, 0.2) is 23.1 Å². The van der Waals surface area contributed by atoms with Crippen molar-refractivity contribution >= 4 is 21.6 Å². The number of ether oxygens (including phenoxy) is 1. The first-order valence-electron chi connectivity index (χ1n) is 7.20. The molecule has 6 heteroatoms. The average molecular weight is 332 g/mol. The summed E-state index contributed by atoms with van der Waals surface area (Å²) in [6.45, 7) is 5.27. The molecule has 0 radical (unpaired) electrons. The van der Waals surface area contributed by atoms with Crippen molar-refractivity contribution < 1.29 is 13.2 Å². The molecule has 1 aromatic carbocycles. The number of benzene rings is 1. The molecule has 1 fully saturated rings. The molecule has 118 valence electrons. The predicted octanol–water partition coefficient (Wildman–Crippen LogP) is 2.71. The third-order valence-electron chi connectivity index (χ3n) is 3.79. The van der Waals surface area contributed by atoms with Gasteiger partial charge in [0.15, 0.2) is 0 Å². The Kier molecular flexibility index (Phi) is 5.66. The van der Waals surface area contributed by atoms with Gasteiger partial charge in [-0.1, -0.05) is 12.1 Å². The summed E-state index contributed by atoms with van der Waals surface area (Å²) in [6.07, 6.45) is 1.57. The number of rotatable bonds is 5. The van der Waals surface area contributed by atoms with Gasteiger partial charge in [0.25, 0.3) is 0 Å². The molecule has 0 spiro atoms. The van der Waals surface area contributed by atoms with E-state index in [0.717, 1.165) is 24.0 Å². The van der Waals surface area contributed by atoms with E-state index >= 15 is 0 Å². The molecule has 0 unspecified atom stereocenters. The maximum atomic E-state index is 12.7. The molecule has 0 bridgehead atoms. The molecule has 2 rings (SSSR count). The van der Waals surface area contributed by atoms with E-state index < -0.39 is 10.0 Å². The first-order valence-corrected chi connectivity index (χ1v) is 9.17. The molecule has 1 aliphatic heterocycles. The largest absolute Gasteiger partial charge is 0.377 e. The van der Waals surface area contributed by atoms with Crippen molar-refractivity contribution in [3.05, 3.63) is 29.3 Å². The second-order valence-electron chi connectivity index (χ2n) is 5.43. The molecular weight excluding hydrogens is 310 g/mol. The SMILES string of the molecule is Cc1ccc(C)c(S(=O)(=O)N2CCC(OCCCl)CC2)c1. The molecule has 4 nitrogen and oxygen atoms in total. The summed E-state index contributed by atoms with van der Waals surface area (Å²) in [7, 11) is -3.41. The molecule has 0 N–H and O–H groups in total. The third-order valence-corrected chi connectivity index (χ3v) is 5.99. The second kappa shape index (κ2) is 7.09. The number of hydrogen-bond donors (Lipinski definition) is 0. The lowest BCUT2D eigenvalue weighted by molar-refractivity contribution is 0.0301. The van der Waals surface area contributed by atoms with Gasteiger partial charge in [0.1, 0.15) is 0 Å². The molecule has 1 heterocycles. The van der Waals surface area contributed by atoms with Crippen LogP contribution in [0.25, 0.3) is 0 Å². The van der Waals surface area contributed by atoms with Crippen molar-refractivity contribution in [3.8, 4) is 0 Å². The van der Waals surface area contributed by atoms with Gasteiger partial charge in [-0.15, -0.1) is 11.6 Å². The van der Waals surface area contributed by atoms with E-state index in [1.165, 1.54) is 0 Å². The van der Waals surface area contributed by atoms with E-state index in [0.29, 0.717) is 30.5 Å². The van der Waals surface area contributed by atoms with Gasteiger partial charge >= 0.3 is 0 Å². The molecule has 0 amide bonds. The molecule has 1 saturated heterocycles. The van der Waals surface area contributed by atoms with Crippen LogP contribution in [0.5, 0.6) is 0 Å². The van der Waals surface area contributed by atoms with Crippen molar-refractivity contribution in [2.75, 3.05) is 25.6 Å². The Hall–Kier alpha value is -0.620. The summed E-state index contributed by atoms with van der Waals surface area (Å²) in [6, 6.07) is 5.54. The smallest absolute Gasteiger partial charge is 0.243 e. The van der Waals surface area contributed by atoms with Crippen molar-refractivity contribution in [2.24, 2.45) is 0 Å². The van der Waals surface area contributed by atoms with E-state index in [1.54, 1.807) is 10.4 Å². The summed E-state index contributed by atoms with van der Waals surface area (Å²) in [5, 5.41) is 0. The average Bonchev–Trinajstić information content (AvgIpc) is 2.48. The molecule has 0 saturated carbocycles. The van der Waals surface area contributed by atoms with E-state index in [2.05, 4.69) is 0 Å². The van der Waals surface area contributed by atoms with E-state index in [-0.39, 0.29) is 6.10 Å². The quantitative estimate of drug-likeness (QED) is 0.779. The number of halogens is 1. The Labute approximate surface area is 132 Å². The van der Waals surface area contributed by atoms with Gasteiger partial charge in [-0.25, -0.2) is 8.42 Å². The number of nitrogens with zero attached hydrogens (tertiary/aromatic N) is 1. The fourth-order valence-electron chi connectivity index (χ4n) is 2.57. The topological polar surface area (TPSA) is 46.6 Å². The zero-order valence-corrected chi connectivity index (χ0v) is 14.1. The first-order chi connectivity index (χ1) is 9.95. The van der Waals surface area contributed by atoms with Crippen LogP contribution in [0.2, 0.25) is 0 Å². The van der Waals surface area contributed by atoms with Gasteiger partial charge in [-0.3, -0.25) is 0 Å². The van der Waals surface area contributed by atoms with Crippen LogP contribution in [-0.4, -0.2) is 44.4 Å². The monoisotopic (exact) mass is 331 g/mol. The van der Waals surface area contributed by atoms with E-state index in [1.807, 2.05) is 26.0 Å². The highest BCUT2D eigenvalue weighted by Crippen LogP contribution is 2.25. The Bertz CT molecular complexity index is 581. The number of hydrogen-bond acceptors (Lipinski definition) is 3. The zero-order chi connectivity index (χ0) is 15.5. The molecule has 0 atom stereocenters. The molecule has 0 aliphatic carbocycles. The van der Waals surface area contributed by atoms with Crippen LogP contribution in [0.4, 0.5) is 0 Å². The van der Waals surface area contributed by atoms with Crippen LogP contribution < -0.4 is 0 Å². The van der Waals surface area contributed by atoms with E-state index in [9.17, 15) is 8.42 Å². The van der Waals surface area contributed by atoms with Gasteiger partial charge in [0, 0.05) is 19.0 Å². The number of alkyl halides is 1. The third kappa shape index (κ3) is 3.97. The Morgan fingerprint density at radius 3 is 2.57 bits per heavy atom. The highest BCUT2D eigenvalue weighted by molar-refractivity contribution is 7.89. The molecular formula is C15H22ClNO3S. The van der Waals surface area contributed by atoms with Crippen LogP contribution in [-0.2, 0) is 14.8 Å². The van der Waals surface area contributed by atoms with Crippen LogP contribution in [0.3, 0.4) is 0 Å². The van der Waals surface area contributed by atoms with E-state index in [4.69, 9.17) is 16.3 Å². The van der Waals surface area contributed by atoms with Crippen molar-refractivity contribution in [2.45, 2.75) is 37.7 Å². The highest BCUT2D eigenvalue weighted by atomic mass is 35.5. The van der Waals surface area contributed by atoms with Crippen LogP contribution >= 0.6 is 11.6 Å². The fourth-order valence-corrected chi connectivity index (χ4v) is 4.44. The fraction of sp³-hybridized carbons (Fsp3) is 0.600. The minimum atomic E-state index is -3.41. The molecule has 21 heavy (non-hydrogen) atoms. The maximum absolute atomic E-state index is 12.7. The molecule has 1 aliphatic rings. The van der Waals surface area contributed by atoms with Gasteiger partial charge in [-0.05, 0) is 43.9 Å². The number of piperidine rings is 1. The summed E-state index contributed by atoms with van der Waals surface area (Å²) >= 11 is 5.60. The van der Waals surface area contributed by atoms with Gasteiger partial charge < -0.3 is 4.74 Å². The Morgan fingerprint density at radius 2 is 1.95 bits per heavy atom. The number of aryl methyl sites for hydroxylation is 2. The lowest BCUT2D eigenvalue weighted by atomic mass is 10.1. The van der Waals surface area contributed by atoms with Crippen molar-refractivity contribution in [1.82, 2.24) is 4.31 Å². The molecule has 0 aromatic heterocycles. The second-order valence-corrected chi connectivity index (χ2v) is 7.72. The van der Waals surface area contributed by atoms with Crippen LogP contribution in [0, 0.1) is 13.8 Å². The summed E-state index contributed by atoms with van der Waals surface area (Å²) in [4.78, 5) is 0.419. The molecule has 1 aromatic rings.